The minimum absolute atomic E-state index is 0.680. The minimum Gasteiger partial charge on any atom is -0.465 e. The number of rotatable bonds is 3. The number of carbonyl (C=O) groups is 1. The van der Waals surface area contributed by atoms with E-state index in [2.05, 4.69) is 46.9 Å². The number of benzene rings is 1. The van der Waals surface area contributed by atoms with Gasteiger partial charge >= 0.3 is 6.09 Å². The standard InChI is InChI=1S/C14H18INO2/c15-13-5-3-11(4-6-13)1-2-12-7-9-16(10-8-12)14(17)18/h3-6,12H,1-2,7-10H2,(H,17,18). The van der Waals surface area contributed by atoms with Crippen molar-refractivity contribution in [2.45, 2.75) is 25.7 Å². The molecule has 1 heterocycles. The van der Waals surface area contributed by atoms with Gasteiger partial charge in [-0.1, -0.05) is 12.1 Å². The monoisotopic (exact) mass is 359 g/mol. The van der Waals surface area contributed by atoms with Gasteiger partial charge in [0.1, 0.15) is 0 Å². The van der Waals surface area contributed by atoms with Crippen molar-refractivity contribution < 1.29 is 9.90 Å². The molecule has 0 radical (unpaired) electrons. The van der Waals surface area contributed by atoms with Gasteiger partial charge in [-0.3, -0.25) is 0 Å². The predicted octanol–water partition coefficient (Wildman–Crippen LogP) is 3.61. The number of halogens is 1. The van der Waals surface area contributed by atoms with Crippen molar-refractivity contribution in [3.05, 3.63) is 33.4 Å². The number of likely N-dealkylation sites (tertiary alicyclic amines) is 1. The molecule has 18 heavy (non-hydrogen) atoms. The molecule has 1 aliphatic rings. The second-order valence-electron chi connectivity index (χ2n) is 4.88. The molecule has 0 aromatic heterocycles. The number of piperidine rings is 1. The minimum atomic E-state index is -0.772. The first-order valence-electron chi connectivity index (χ1n) is 6.37. The Labute approximate surface area is 121 Å². The highest BCUT2D eigenvalue weighted by Crippen LogP contribution is 2.22. The molecule has 1 aromatic carbocycles. The Kier molecular flexibility index (Phi) is 4.86. The first-order chi connectivity index (χ1) is 8.65. The normalized spacial score (nSPS) is 16.8. The van der Waals surface area contributed by atoms with Crippen molar-refractivity contribution >= 4 is 28.7 Å². The molecular weight excluding hydrogens is 341 g/mol. The van der Waals surface area contributed by atoms with Crippen LogP contribution in [0.25, 0.3) is 0 Å². The maximum Gasteiger partial charge on any atom is 0.407 e. The molecule has 0 bridgehead atoms. The first kappa shape index (κ1) is 13.6. The van der Waals surface area contributed by atoms with Gasteiger partial charge in [-0.15, -0.1) is 0 Å². The SMILES string of the molecule is O=C(O)N1CCC(CCc2ccc(I)cc2)CC1. The van der Waals surface area contributed by atoms with Crippen molar-refractivity contribution in [2.24, 2.45) is 5.92 Å². The van der Waals surface area contributed by atoms with Gasteiger partial charge in [0.15, 0.2) is 0 Å². The van der Waals surface area contributed by atoms with Crippen LogP contribution in [0.1, 0.15) is 24.8 Å². The lowest BCUT2D eigenvalue weighted by Crippen LogP contribution is -2.37. The molecule has 1 aliphatic heterocycles. The molecule has 1 aromatic rings. The lowest BCUT2D eigenvalue weighted by atomic mass is 9.91. The predicted molar refractivity (Wildman–Crippen MR) is 79.8 cm³/mol. The number of hydrogen-bond acceptors (Lipinski definition) is 1. The third-order valence-corrected chi connectivity index (χ3v) is 4.36. The van der Waals surface area contributed by atoms with E-state index in [1.165, 1.54) is 20.5 Å². The molecular formula is C14H18INO2. The summed E-state index contributed by atoms with van der Waals surface area (Å²) in [5.41, 5.74) is 1.39. The van der Waals surface area contributed by atoms with E-state index in [1.807, 2.05) is 0 Å². The summed E-state index contributed by atoms with van der Waals surface area (Å²) >= 11 is 2.32. The fraction of sp³-hybridized carbons (Fsp3) is 0.500. The Bertz CT molecular complexity index is 397. The summed E-state index contributed by atoms with van der Waals surface area (Å²) in [6, 6.07) is 8.66. The summed E-state index contributed by atoms with van der Waals surface area (Å²) in [6.07, 6.45) is 3.53. The van der Waals surface area contributed by atoms with Crippen LogP contribution in [0, 0.1) is 9.49 Å². The molecule has 0 unspecified atom stereocenters. The van der Waals surface area contributed by atoms with Crippen LogP contribution in [0.2, 0.25) is 0 Å². The largest absolute Gasteiger partial charge is 0.465 e. The lowest BCUT2D eigenvalue weighted by molar-refractivity contribution is 0.123. The van der Waals surface area contributed by atoms with Crippen LogP contribution in [0.15, 0.2) is 24.3 Å². The van der Waals surface area contributed by atoms with E-state index in [9.17, 15) is 4.79 Å². The molecule has 1 saturated heterocycles. The average molecular weight is 359 g/mol. The van der Waals surface area contributed by atoms with Gasteiger partial charge in [0.25, 0.3) is 0 Å². The van der Waals surface area contributed by atoms with Crippen LogP contribution in [0.3, 0.4) is 0 Å². The van der Waals surface area contributed by atoms with Crippen LogP contribution in [0.4, 0.5) is 4.79 Å². The third-order valence-electron chi connectivity index (χ3n) is 3.64. The summed E-state index contributed by atoms with van der Waals surface area (Å²) in [5, 5.41) is 8.88. The van der Waals surface area contributed by atoms with E-state index in [1.54, 1.807) is 0 Å². The van der Waals surface area contributed by atoms with Crippen molar-refractivity contribution in [1.29, 1.82) is 0 Å². The van der Waals surface area contributed by atoms with Crippen LogP contribution in [-0.2, 0) is 6.42 Å². The maximum atomic E-state index is 10.8. The van der Waals surface area contributed by atoms with Gasteiger partial charge in [-0.25, -0.2) is 4.79 Å². The second-order valence-corrected chi connectivity index (χ2v) is 6.12. The van der Waals surface area contributed by atoms with E-state index in [0.717, 1.165) is 19.3 Å². The topological polar surface area (TPSA) is 40.5 Å². The molecule has 4 heteroatoms. The van der Waals surface area contributed by atoms with Gasteiger partial charge in [0, 0.05) is 16.7 Å². The number of nitrogens with zero attached hydrogens (tertiary/aromatic N) is 1. The van der Waals surface area contributed by atoms with Gasteiger partial charge in [0.2, 0.25) is 0 Å². The van der Waals surface area contributed by atoms with E-state index >= 15 is 0 Å². The van der Waals surface area contributed by atoms with Gasteiger partial charge in [-0.2, -0.15) is 0 Å². The highest BCUT2D eigenvalue weighted by molar-refractivity contribution is 14.1. The first-order valence-corrected chi connectivity index (χ1v) is 7.45. The zero-order valence-electron chi connectivity index (χ0n) is 10.3. The lowest BCUT2D eigenvalue weighted by Gasteiger charge is -2.29. The summed E-state index contributed by atoms with van der Waals surface area (Å²) in [5.74, 6) is 0.680. The molecule has 1 fully saturated rings. The number of carboxylic acid groups (broad SMARTS) is 1. The summed E-state index contributed by atoms with van der Waals surface area (Å²) < 4.78 is 1.27. The zero-order chi connectivity index (χ0) is 13.0. The molecule has 0 aliphatic carbocycles. The van der Waals surface area contributed by atoms with E-state index in [0.29, 0.717) is 19.0 Å². The maximum absolute atomic E-state index is 10.8. The highest BCUT2D eigenvalue weighted by atomic mass is 127. The highest BCUT2D eigenvalue weighted by Gasteiger charge is 2.21. The summed E-state index contributed by atoms with van der Waals surface area (Å²) in [4.78, 5) is 12.3. The zero-order valence-corrected chi connectivity index (χ0v) is 12.5. The molecule has 1 amide bonds. The average Bonchev–Trinajstić information content (AvgIpc) is 2.38. The molecule has 98 valence electrons. The summed E-state index contributed by atoms with van der Waals surface area (Å²) in [6.45, 7) is 1.40. The van der Waals surface area contributed by atoms with Crippen LogP contribution in [-0.4, -0.2) is 29.2 Å². The Morgan fingerprint density at radius 1 is 1.28 bits per heavy atom. The van der Waals surface area contributed by atoms with Crippen LogP contribution < -0.4 is 0 Å². The van der Waals surface area contributed by atoms with E-state index in [4.69, 9.17) is 5.11 Å². The van der Waals surface area contributed by atoms with Crippen molar-refractivity contribution in [2.75, 3.05) is 13.1 Å². The van der Waals surface area contributed by atoms with Gasteiger partial charge < -0.3 is 10.0 Å². The fourth-order valence-electron chi connectivity index (χ4n) is 2.43. The molecule has 0 saturated carbocycles. The molecule has 1 N–H and O–H groups in total. The molecule has 2 rings (SSSR count). The fourth-order valence-corrected chi connectivity index (χ4v) is 2.79. The molecule has 3 nitrogen and oxygen atoms in total. The Morgan fingerprint density at radius 2 is 1.89 bits per heavy atom. The Morgan fingerprint density at radius 3 is 2.44 bits per heavy atom. The van der Waals surface area contributed by atoms with Crippen molar-refractivity contribution in [3.63, 3.8) is 0 Å². The third kappa shape index (κ3) is 3.86. The smallest absolute Gasteiger partial charge is 0.407 e. The Hall–Kier alpha value is -0.780. The van der Waals surface area contributed by atoms with Gasteiger partial charge in [-0.05, 0) is 71.9 Å². The van der Waals surface area contributed by atoms with E-state index in [-0.39, 0.29) is 0 Å². The molecule has 0 atom stereocenters. The van der Waals surface area contributed by atoms with Crippen molar-refractivity contribution in [3.8, 4) is 0 Å². The van der Waals surface area contributed by atoms with Gasteiger partial charge in [0.05, 0.1) is 0 Å². The van der Waals surface area contributed by atoms with Crippen LogP contribution in [0.5, 0.6) is 0 Å². The van der Waals surface area contributed by atoms with Crippen molar-refractivity contribution in [1.82, 2.24) is 4.90 Å². The number of hydrogen-bond donors (Lipinski definition) is 1. The number of amides is 1. The summed E-state index contributed by atoms with van der Waals surface area (Å²) in [7, 11) is 0. The second kappa shape index (κ2) is 6.41. The molecule has 0 spiro atoms. The van der Waals surface area contributed by atoms with Crippen LogP contribution >= 0.6 is 22.6 Å². The number of aryl methyl sites for hydroxylation is 1. The van der Waals surface area contributed by atoms with E-state index < -0.39 is 6.09 Å². The Balaban J connectivity index is 1.75. The quantitative estimate of drug-likeness (QED) is 0.838.